The SMILES string of the molecule is CC1(c2c3ccccc3cc3ccccc23)CCCCN1C(=O)O. The van der Waals surface area contributed by atoms with E-state index in [-0.39, 0.29) is 0 Å². The van der Waals surface area contributed by atoms with Crippen LogP contribution < -0.4 is 0 Å². The van der Waals surface area contributed by atoms with Crippen molar-refractivity contribution in [2.24, 2.45) is 0 Å². The molecule has 24 heavy (non-hydrogen) atoms. The Labute approximate surface area is 141 Å². The van der Waals surface area contributed by atoms with E-state index in [4.69, 9.17) is 0 Å². The van der Waals surface area contributed by atoms with Crippen LogP contribution in [0, 0.1) is 0 Å². The van der Waals surface area contributed by atoms with Crippen molar-refractivity contribution in [2.75, 3.05) is 6.54 Å². The van der Waals surface area contributed by atoms with Gasteiger partial charge in [0.15, 0.2) is 0 Å². The van der Waals surface area contributed by atoms with E-state index >= 15 is 0 Å². The Morgan fingerprint density at radius 3 is 2.17 bits per heavy atom. The number of carbonyl (C=O) groups is 1. The lowest BCUT2D eigenvalue weighted by Gasteiger charge is -2.44. The molecule has 0 aliphatic carbocycles. The molecule has 0 spiro atoms. The Hall–Kier alpha value is -2.55. The van der Waals surface area contributed by atoms with Crippen molar-refractivity contribution in [3.63, 3.8) is 0 Å². The maximum Gasteiger partial charge on any atom is 0.408 e. The zero-order valence-electron chi connectivity index (χ0n) is 13.8. The molecule has 122 valence electrons. The average Bonchev–Trinajstić information content (AvgIpc) is 2.59. The van der Waals surface area contributed by atoms with Crippen molar-refractivity contribution in [2.45, 2.75) is 31.7 Å². The minimum Gasteiger partial charge on any atom is -0.465 e. The van der Waals surface area contributed by atoms with E-state index in [0.29, 0.717) is 6.54 Å². The Morgan fingerprint density at radius 2 is 1.58 bits per heavy atom. The summed E-state index contributed by atoms with van der Waals surface area (Å²) in [5.74, 6) is 0. The summed E-state index contributed by atoms with van der Waals surface area (Å²) in [5, 5.41) is 14.5. The zero-order valence-corrected chi connectivity index (χ0v) is 13.8. The number of likely N-dealkylation sites (tertiary alicyclic amines) is 1. The first-order valence-corrected chi connectivity index (χ1v) is 8.53. The van der Waals surface area contributed by atoms with Crippen molar-refractivity contribution < 1.29 is 9.90 Å². The van der Waals surface area contributed by atoms with Crippen LogP contribution in [0.4, 0.5) is 4.79 Å². The zero-order chi connectivity index (χ0) is 16.7. The van der Waals surface area contributed by atoms with Gasteiger partial charge in [-0.1, -0.05) is 48.5 Å². The summed E-state index contributed by atoms with van der Waals surface area (Å²) in [4.78, 5) is 13.6. The largest absolute Gasteiger partial charge is 0.465 e. The Bertz CT molecular complexity index is 879. The summed E-state index contributed by atoms with van der Waals surface area (Å²) in [6.45, 7) is 2.69. The molecule has 3 nitrogen and oxygen atoms in total. The number of nitrogens with zero attached hydrogens (tertiary/aromatic N) is 1. The molecule has 1 fully saturated rings. The highest BCUT2D eigenvalue weighted by Crippen LogP contribution is 2.44. The molecule has 1 amide bonds. The van der Waals surface area contributed by atoms with E-state index in [1.165, 1.54) is 10.8 Å². The van der Waals surface area contributed by atoms with Crippen LogP contribution in [-0.4, -0.2) is 22.6 Å². The Kier molecular flexibility index (Phi) is 3.45. The molecule has 3 aromatic carbocycles. The van der Waals surface area contributed by atoms with Gasteiger partial charge in [-0.05, 0) is 59.4 Å². The molecule has 1 saturated heterocycles. The summed E-state index contributed by atoms with van der Waals surface area (Å²) >= 11 is 0. The van der Waals surface area contributed by atoms with Gasteiger partial charge in [0.2, 0.25) is 0 Å². The predicted octanol–water partition coefficient (Wildman–Crippen LogP) is 5.37. The highest BCUT2D eigenvalue weighted by atomic mass is 16.4. The molecule has 1 N–H and O–H groups in total. The number of hydrogen-bond donors (Lipinski definition) is 1. The normalized spacial score (nSPS) is 21.3. The van der Waals surface area contributed by atoms with E-state index in [0.717, 1.165) is 35.6 Å². The van der Waals surface area contributed by atoms with E-state index < -0.39 is 11.6 Å². The molecule has 1 heterocycles. The Morgan fingerprint density at radius 1 is 1.00 bits per heavy atom. The summed E-state index contributed by atoms with van der Waals surface area (Å²) in [6, 6.07) is 18.8. The quantitative estimate of drug-likeness (QED) is 0.612. The number of piperidine rings is 1. The second kappa shape index (κ2) is 5.52. The minimum atomic E-state index is -0.825. The lowest BCUT2D eigenvalue weighted by molar-refractivity contribution is 0.0575. The number of rotatable bonds is 1. The summed E-state index contributed by atoms with van der Waals surface area (Å²) < 4.78 is 0. The van der Waals surface area contributed by atoms with Crippen LogP contribution in [0.2, 0.25) is 0 Å². The second-order valence-corrected chi connectivity index (χ2v) is 6.86. The van der Waals surface area contributed by atoms with Crippen molar-refractivity contribution in [1.82, 2.24) is 4.90 Å². The number of fused-ring (bicyclic) bond motifs is 2. The van der Waals surface area contributed by atoms with Crippen molar-refractivity contribution >= 4 is 27.6 Å². The molecule has 0 aromatic heterocycles. The highest BCUT2D eigenvalue weighted by molar-refractivity contribution is 6.03. The lowest BCUT2D eigenvalue weighted by Crippen LogP contribution is -2.50. The minimum absolute atomic E-state index is 0.495. The standard InChI is InChI=1S/C21H21NO2/c1-21(12-6-7-13-22(21)20(23)24)19-17-10-4-2-8-15(17)14-16-9-3-5-11-18(16)19/h2-5,8-11,14H,6-7,12-13H2,1H3,(H,23,24). The van der Waals surface area contributed by atoms with Crippen LogP contribution in [0.25, 0.3) is 21.5 Å². The van der Waals surface area contributed by atoms with Gasteiger partial charge in [-0.3, -0.25) is 4.90 Å². The van der Waals surface area contributed by atoms with Gasteiger partial charge in [-0.2, -0.15) is 0 Å². The van der Waals surface area contributed by atoms with Gasteiger partial charge in [-0.25, -0.2) is 4.79 Å². The first-order chi connectivity index (χ1) is 11.6. The summed E-state index contributed by atoms with van der Waals surface area (Å²) in [5.41, 5.74) is 0.656. The van der Waals surface area contributed by atoms with Crippen LogP contribution in [0.15, 0.2) is 54.6 Å². The monoisotopic (exact) mass is 319 g/mol. The van der Waals surface area contributed by atoms with Crippen molar-refractivity contribution in [1.29, 1.82) is 0 Å². The lowest BCUT2D eigenvalue weighted by atomic mass is 9.77. The molecule has 1 atom stereocenters. The van der Waals surface area contributed by atoms with Gasteiger partial charge in [0.1, 0.15) is 0 Å². The second-order valence-electron chi connectivity index (χ2n) is 6.86. The molecule has 1 aliphatic heterocycles. The van der Waals surface area contributed by atoms with Crippen LogP contribution in [0.1, 0.15) is 31.7 Å². The van der Waals surface area contributed by atoms with Crippen LogP contribution in [-0.2, 0) is 5.54 Å². The van der Waals surface area contributed by atoms with Gasteiger partial charge in [0, 0.05) is 6.54 Å². The average molecular weight is 319 g/mol. The molecule has 3 heteroatoms. The number of benzene rings is 3. The van der Waals surface area contributed by atoms with Crippen LogP contribution in [0.5, 0.6) is 0 Å². The Balaban J connectivity index is 2.11. The van der Waals surface area contributed by atoms with E-state index in [9.17, 15) is 9.90 Å². The van der Waals surface area contributed by atoms with Gasteiger partial charge < -0.3 is 5.11 Å². The van der Waals surface area contributed by atoms with Crippen molar-refractivity contribution in [3.8, 4) is 0 Å². The molecule has 0 radical (unpaired) electrons. The number of carboxylic acid groups (broad SMARTS) is 1. The molecular weight excluding hydrogens is 298 g/mol. The first-order valence-electron chi connectivity index (χ1n) is 8.53. The van der Waals surface area contributed by atoms with E-state index in [1.807, 2.05) is 24.3 Å². The fraction of sp³-hybridized carbons (Fsp3) is 0.286. The van der Waals surface area contributed by atoms with E-state index in [2.05, 4.69) is 37.3 Å². The maximum absolute atomic E-state index is 11.9. The fourth-order valence-corrected chi connectivity index (χ4v) is 4.28. The van der Waals surface area contributed by atoms with Gasteiger partial charge in [-0.15, -0.1) is 0 Å². The fourth-order valence-electron chi connectivity index (χ4n) is 4.28. The van der Waals surface area contributed by atoms with Gasteiger partial charge in [0.25, 0.3) is 0 Å². The molecule has 0 saturated carbocycles. The molecule has 0 bridgehead atoms. The van der Waals surface area contributed by atoms with E-state index in [1.54, 1.807) is 4.90 Å². The molecule has 1 unspecified atom stereocenters. The van der Waals surface area contributed by atoms with Gasteiger partial charge in [0.05, 0.1) is 5.54 Å². The number of amides is 1. The predicted molar refractivity (Wildman–Crippen MR) is 97.4 cm³/mol. The summed E-state index contributed by atoms with van der Waals surface area (Å²) in [6.07, 6.45) is 2.02. The third-order valence-corrected chi connectivity index (χ3v) is 5.43. The highest BCUT2D eigenvalue weighted by Gasteiger charge is 2.41. The molecular formula is C21H21NO2. The third-order valence-electron chi connectivity index (χ3n) is 5.43. The maximum atomic E-state index is 11.9. The number of hydrogen-bond acceptors (Lipinski definition) is 1. The molecule has 4 rings (SSSR count). The van der Waals surface area contributed by atoms with Gasteiger partial charge >= 0.3 is 6.09 Å². The smallest absolute Gasteiger partial charge is 0.408 e. The first kappa shape index (κ1) is 15.0. The third kappa shape index (κ3) is 2.15. The molecule has 3 aromatic rings. The van der Waals surface area contributed by atoms with Crippen molar-refractivity contribution in [3.05, 3.63) is 60.2 Å². The topological polar surface area (TPSA) is 40.5 Å². The van der Waals surface area contributed by atoms with Crippen LogP contribution in [0.3, 0.4) is 0 Å². The molecule has 1 aliphatic rings. The van der Waals surface area contributed by atoms with Crippen LogP contribution >= 0.6 is 0 Å². The summed E-state index contributed by atoms with van der Waals surface area (Å²) in [7, 11) is 0.